The van der Waals surface area contributed by atoms with E-state index in [2.05, 4.69) is 0 Å². The Balaban J connectivity index is 1.60. The van der Waals surface area contributed by atoms with Crippen LogP contribution in [-0.4, -0.2) is 37.8 Å². The third kappa shape index (κ3) is 4.58. The Morgan fingerprint density at radius 3 is 2.35 bits per heavy atom. The number of hydrogen-bond donors (Lipinski definition) is 0. The first-order chi connectivity index (χ1) is 15.0. The summed E-state index contributed by atoms with van der Waals surface area (Å²) in [6.07, 6.45) is 4.52. The van der Waals surface area contributed by atoms with Gasteiger partial charge in [-0.1, -0.05) is 42.5 Å². The molecule has 6 nitrogen and oxygen atoms in total. The largest absolute Gasteiger partial charge is 0.497 e. The summed E-state index contributed by atoms with van der Waals surface area (Å²) in [5.41, 5.74) is 4.09. The molecular weight excluding hydrogens is 388 g/mol. The second kappa shape index (κ2) is 9.00. The van der Waals surface area contributed by atoms with Gasteiger partial charge in [0.1, 0.15) is 5.75 Å². The first-order valence-corrected chi connectivity index (χ1v) is 10.3. The summed E-state index contributed by atoms with van der Waals surface area (Å²) in [5.74, 6) is 0.745. The van der Waals surface area contributed by atoms with Crippen molar-refractivity contribution in [3.8, 4) is 5.75 Å². The van der Waals surface area contributed by atoms with Crippen molar-refractivity contribution in [3.05, 3.63) is 90.3 Å². The number of rotatable bonds is 6. The third-order valence-corrected chi connectivity index (χ3v) is 5.48. The quantitative estimate of drug-likeness (QED) is 0.580. The van der Waals surface area contributed by atoms with Crippen molar-refractivity contribution in [2.24, 2.45) is 5.10 Å². The Kier molecular flexibility index (Phi) is 5.98. The fourth-order valence-corrected chi connectivity index (χ4v) is 3.71. The van der Waals surface area contributed by atoms with Crippen LogP contribution in [0.1, 0.15) is 23.6 Å². The average Bonchev–Trinajstić information content (AvgIpc) is 3.26. The zero-order chi connectivity index (χ0) is 21.8. The lowest BCUT2D eigenvalue weighted by Crippen LogP contribution is -2.43. The Bertz CT molecular complexity index is 1060. The Hall–Kier alpha value is -3.67. The molecule has 0 aliphatic carbocycles. The van der Waals surface area contributed by atoms with Gasteiger partial charge in [0.25, 0.3) is 0 Å². The molecule has 1 atom stereocenters. The number of nitrogens with zero attached hydrogens (tertiary/aromatic N) is 4. The number of benzene rings is 2. The van der Waals surface area contributed by atoms with Gasteiger partial charge in [-0.25, -0.2) is 5.01 Å². The molecule has 0 spiro atoms. The highest BCUT2D eigenvalue weighted by molar-refractivity contribution is 6.03. The lowest BCUT2D eigenvalue weighted by atomic mass is 9.98. The van der Waals surface area contributed by atoms with Crippen LogP contribution in [0.25, 0.3) is 0 Å². The maximum Gasteiger partial charge on any atom is 0.309 e. The molecule has 2 aromatic carbocycles. The molecule has 158 valence electrons. The number of hydrazone groups is 1. The van der Waals surface area contributed by atoms with Gasteiger partial charge in [0, 0.05) is 38.3 Å². The van der Waals surface area contributed by atoms with E-state index in [0.717, 1.165) is 28.3 Å². The highest BCUT2D eigenvalue weighted by Crippen LogP contribution is 2.33. The van der Waals surface area contributed by atoms with Gasteiger partial charge in [-0.15, -0.1) is 0 Å². The van der Waals surface area contributed by atoms with Gasteiger partial charge in [-0.2, -0.15) is 9.67 Å². The van der Waals surface area contributed by atoms with Crippen molar-refractivity contribution >= 4 is 17.3 Å². The standard InChI is InChI=1S/C25H27N4O2/c1-27(2)21-13-15-28(16-14-21)18-25(30)29-24(20-9-11-22(31-3)12-10-20)17-23(26-29)19-7-5-4-6-8-19/h4-16,24H,17-18H2,1-3H3/q+1/t24-/m1/s1. The molecule has 1 aliphatic heterocycles. The van der Waals surface area contributed by atoms with E-state index in [9.17, 15) is 4.79 Å². The minimum absolute atomic E-state index is 0.0469. The van der Waals surface area contributed by atoms with Gasteiger partial charge in [0.05, 0.1) is 18.9 Å². The first-order valence-electron chi connectivity index (χ1n) is 10.3. The van der Waals surface area contributed by atoms with Crippen LogP contribution in [0.3, 0.4) is 0 Å². The van der Waals surface area contributed by atoms with E-state index in [-0.39, 0.29) is 18.5 Å². The molecule has 1 aliphatic rings. The molecular formula is C25H27N4O2+. The van der Waals surface area contributed by atoms with E-state index in [4.69, 9.17) is 9.84 Å². The van der Waals surface area contributed by atoms with Crippen LogP contribution in [-0.2, 0) is 11.3 Å². The minimum atomic E-state index is -0.143. The second-order valence-electron chi connectivity index (χ2n) is 7.77. The molecule has 0 N–H and O–H groups in total. The fraction of sp³-hybridized carbons (Fsp3) is 0.240. The number of pyridine rings is 1. The van der Waals surface area contributed by atoms with Crippen LogP contribution in [0.5, 0.6) is 5.75 Å². The lowest BCUT2D eigenvalue weighted by Gasteiger charge is -2.21. The van der Waals surface area contributed by atoms with Gasteiger partial charge < -0.3 is 9.64 Å². The highest BCUT2D eigenvalue weighted by Gasteiger charge is 2.34. The van der Waals surface area contributed by atoms with Crippen LogP contribution in [0.2, 0.25) is 0 Å². The molecule has 6 heteroatoms. The molecule has 3 aromatic rings. The number of hydrogen-bond acceptors (Lipinski definition) is 4. The van der Waals surface area contributed by atoms with E-state index in [1.54, 1.807) is 12.1 Å². The predicted molar refractivity (Wildman–Crippen MR) is 121 cm³/mol. The number of carbonyl (C=O) groups is 1. The number of amides is 1. The molecule has 0 unspecified atom stereocenters. The number of carbonyl (C=O) groups excluding carboxylic acids is 1. The Labute approximate surface area is 183 Å². The molecule has 0 saturated carbocycles. The van der Waals surface area contributed by atoms with Crippen molar-refractivity contribution in [3.63, 3.8) is 0 Å². The smallest absolute Gasteiger partial charge is 0.309 e. The Morgan fingerprint density at radius 1 is 1.06 bits per heavy atom. The summed E-state index contributed by atoms with van der Waals surface area (Å²) in [4.78, 5) is 15.3. The average molecular weight is 416 g/mol. The van der Waals surface area contributed by atoms with Gasteiger partial charge in [-0.3, -0.25) is 4.79 Å². The van der Waals surface area contributed by atoms with Crippen LogP contribution in [0, 0.1) is 0 Å². The molecule has 2 heterocycles. The summed E-state index contributed by atoms with van der Waals surface area (Å²) in [5, 5.41) is 6.38. The van der Waals surface area contributed by atoms with E-state index in [1.165, 1.54) is 0 Å². The number of aromatic nitrogens is 1. The van der Waals surface area contributed by atoms with Crippen LogP contribution >= 0.6 is 0 Å². The van der Waals surface area contributed by atoms with E-state index in [0.29, 0.717) is 6.42 Å². The summed E-state index contributed by atoms with van der Waals surface area (Å²) in [6.45, 7) is 0.228. The molecule has 0 fully saturated rings. The lowest BCUT2D eigenvalue weighted by molar-refractivity contribution is -0.685. The third-order valence-electron chi connectivity index (χ3n) is 5.48. The summed E-state index contributed by atoms with van der Waals surface area (Å²) < 4.78 is 7.17. The fourth-order valence-electron chi connectivity index (χ4n) is 3.71. The number of ether oxygens (including phenoxy) is 1. The van der Waals surface area contributed by atoms with Crippen LogP contribution in [0.4, 0.5) is 5.69 Å². The molecule has 0 radical (unpaired) electrons. The first kappa shape index (κ1) is 20.6. The van der Waals surface area contributed by atoms with Crippen molar-refractivity contribution in [1.29, 1.82) is 0 Å². The van der Waals surface area contributed by atoms with Crippen molar-refractivity contribution in [2.45, 2.75) is 19.0 Å². The van der Waals surface area contributed by atoms with Gasteiger partial charge >= 0.3 is 5.91 Å². The van der Waals surface area contributed by atoms with Crippen LogP contribution < -0.4 is 14.2 Å². The van der Waals surface area contributed by atoms with Gasteiger partial charge in [0.15, 0.2) is 12.4 Å². The normalized spacial score (nSPS) is 15.5. The molecule has 0 bridgehead atoms. The molecule has 1 amide bonds. The monoisotopic (exact) mass is 415 g/mol. The second-order valence-corrected chi connectivity index (χ2v) is 7.77. The SMILES string of the molecule is COc1ccc([C@H]2CC(c3ccccc3)=NN2C(=O)C[n+]2ccc(N(C)C)cc2)cc1. The summed E-state index contributed by atoms with van der Waals surface area (Å²) >= 11 is 0. The maximum atomic E-state index is 13.3. The molecule has 31 heavy (non-hydrogen) atoms. The molecule has 0 saturated heterocycles. The zero-order valence-electron chi connectivity index (χ0n) is 18.1. The Morgan fingerprint density at radius 2 is 1.74 bits per heavy atom. The number of methoxy groups -OCH3 is 1. The summed E-state index contributed by atoms with van der Waals surface area (Å²) in [7, 11) is 5.64. The predicted octanol–water partition coefficient (Wildman–Crippen LogP) is 3.43. The van der Waals surface area contributed by atoms with E-state index >= 15 is 0 Å². The topological polar surface area (TPSA) is 49.0 Å². The van der Waals surface area contributed by atoms with E-state index < -0.39 is 0 Å². The van der Waals surface area contributed by atoms with Crippen molar-refractivity contribution < 1.29 is 14.1 Å². The molecule has 4 rings (SSSR count). The summed E-state index contributed by atoms with van der Waals surface area (Å²) in [6, 6.07) is 21.7. The highest BCUT2D eigenvalue weighted by atomic mass is 16.5. The van der Waals surface area contributed by atoms with Crippen molar-refractivity contribution in [2.75, 3.05) is 26.1 Å². The van der Waals surface area contributed by atoms with Gasteiger partial charge in [0.2, 0.25) is 6.54 Å². The zero-order valence-corrected chi connectivity index (χ0v) is 18.1. The minimum Gasteiger partial charge on any atom is -0.497 e. The molecule has 1 aromatic heterocycles. The van der Waals surface area contributed by atoms with Gasteiger partial charge in [-0.05, 0) is 23.3 Å². The van der Waals surface area contributed by atoms with Crippen LogP contribution in [0.15, 0.2) is 84.2 Å². The van der Waals surface area contributed by atoms with E-state index in [1.807, 2.05) is 103 Å². The maximum absolute atomic E-state index is 13.3. The number of anilines is 1. The van der Waals surface area contributed by atoms with Crippen molar-refractivity contribution in [1.82, 2.24) is 5.01 Å².